The molecule has 0 aliphatic heterocycles. The molecule has 0 bridgehead atoms. The summed E-state index contributed by atoms with van der Waals surface area (Å²) in [4.78, 5) is 0. The molecule has 5 heteroatoms. The third-order valence-electron chi connectivity index (χ3n) is 3.90. The fourth-order valence-corrected chi connectivity index (χ4v) is 3.18. The molecule has 3 aromatic carbocycles. The Morgan fingerprint density at radius 3 is 2.70 bits per heavy atom. The Balaban J connectivity index is 1.94. The molecular weight excluding hydrogens is 309 g/mol. The van der Waals surface area contributed by atoms with Crippen LogP contribution in [-0.2, 0) is 0 Å². The first kappa shape index (κ1) is 14.1. The van der Waals surface area contributed by atoms with Crippen molar-refractivity contribution in [2.45, 2.75) is 0 Å². The van der Waals surface area contributed by atoms with Crippen molar-refractivity contribution in [3.8, 4) is 11.3 Å². The summed E-state index contributed by atoms with van der Waals surface area (Å²) in [5.74, 6) is -0.284. The summed E-state index contributed by atoms with van der Waals surface area (Å²) in [6.07, 6.45) is 1.86. The molecule has 0 radical (unpaired) electrons. The zero-order chi connectivity index (χ0) is 15.8. The van der Waals surface area contributed by atoms with Gasteiger partial charge in [0.25, 0.3) is 0 Å². The Morgan fingerprint density at radius 1 is 1.04 bits per heavy atom. The molecule has 0 aliphatic carbocycles. The second kappa shape index (κ2) is 5.59. The Hall–Kier alpha value is -2.53. The van der Waals surface area contributed by atoms with Crippen LogP contribution in [0.3, 0.4) is 0 Å². The van der Waals surface area contributed by atoms with Crippen LogP contribution in [0.15, 0.2) is 54.6 Å². The van der Waals surface area contributed by atoms with E-state index in [0.29, 0.717) is 22.3 Å². The number of hydrogen-bond donors (Lipinski definition) is 2. The van der Waals surface area contributed by atoms with Crippen molar-refractivity contribution >= 4 is 39.3 Å². The quantitative estimate of drug-likeness (QED) is 0.508. The smallest absolute Gasteiger partial charge is 0.158 e. The summed E-state index contributed by atoms with van der Waals surface area (Å²) in [5, 5.41) is 10.0. The highest BCUT2D eigenvalue weighted by Crippen LogP contribution is 2.33. The van der Waals surface area contributed by atoms with Gasteiger partial charge in [-0.1, -0.05) is 48.3 Å². The number of H-pyrrole nitrogens is 1. The number of nitrogens with zero attached hydrogens (tertiary/aromatic N) is 1. The molecule has 0 saturated heterocycles. The topological polar surface area (TPSA) is 40.7 Å². The Morgan fingerprint density at radius 2 is 1.87 bits per heavy atom. The highest BCUT2D eigenvalue weighted by Gasteiger charge is 2.16. The maximum absolute atomic E-state index is 14.8. The molecule has 0 atom stereocenters. The number of rotatable bonds is 3. The van der Waals surface area contributed by atoms with Crippen molar-refractivity contribution in [3.63, 3.8) is 0 Å². The van der Waals surface area contributed by atoms with E-state index in [9.17, 15) is 4.39 Å². The van der Waals surface area contributed by atoms with Crippen molar-refractivity contribution in [1.29, 1.82) is 0 Å². The van der Waals surface area contributed by atoms with E-state index in [1.165, 1.54) is 11.9 Å². The molecule has 0 fully saturated rings. The van der Waals surface area contributed by atoms with Crippen LogP contribution in [0.5, 0.6) is 0 Å². The number of hydrogen-bond acceptors (Lipinski definition) is 3. The van der Waals surface area contributed by atoms with Crippen molar-refractivity contribution in [2.24, 2.45) is 0 Å². The van der Waals surface area contributed by atoms with E-state index >= 15 is 0 Å². The van der Waals surface area contributed by atoms with Gasteiger partial charge < -0.3 is 4.72 Å². The van der Waals surface area contributed by atoms with Gasteiger partial charge in [0.05, 0.1) is 16.6 Å². The molecular formula is C18H14FN3S. The maximum Gasteiger partial charge on any atom is 0.158 e. The van der Waals surface area contributed by atoms with Crippen LogP contribution in [0.2, 0.25) is 0 Å². The van der Waals surface area contributed by atoms with Gasteiger partial charge in [0.15, 0.2) is 5.82 Å². The molecule has 0 aliphatic rings. The maximum atomic E-state index is 14.8. The third kappa shape index (κ3) is 2.33. The molecule has 0 unspecified atom stereocenters. The molecule has 23 heavy (non-hydrogen) atoms. The van der Waals surface area contributed by atoms with Gasteiger partial charge in [-0.15, -0.1) is 0 Å². The third-order valence-corrected chi connectivity index (χ3v) is 4.33. The van der Waals surface area contributed by atoms with Crippen LogP contribution in [-0.4, -0.2) is 16.5 Å². The second-order valence-corrected chi connectivity index (χ2v) is 5.90. The van der Waals surface area contributed by atoms with Gasteiger partial charge in [0.1, 0.15) is 5.69 Å². The molecule has 4 aromatic rings. The minimum atomic E-state index is -0.284. The predicted molar refractivity (Wildman–Crippen MR) is 96.1 cm³/mol. The molecule has 4 rings (SSSR count). The Labute approximate surface area is 137 Å². The van der Waals surface area contributed by atoms with E-state index in [4.69, 9.17) is 0 Å². The van der Waals surface area contributed by atoms with Gasteiger partial charge in [0, 0.05) is 11.8 Å². The first-order valence-corrected chi connectivity index (χ1v) is 8.45. The lowest BCUT2D eigenvalue weighted by atomic mass is 10.0. The lowest BCUT2D eigenvalue weighted by Gasteiger charge is -2.06. The number of aromatic nitrogens is 2. The molecule has 0 saturated carbocycles. The minimum Gasteiger partial charge on any atom is -0.327 e. The van der Waals surface area contributed by atoms with E-state index in [-0.39, 0.29) is 5.82 Å². The standard InChI is InChI=1S/C18H14FN3S/c1-23-22-15-9-8-14-16(17(15)19)18(21-20-14)13-7-6-11-4-2-3-5-12(11)10-13/h2-10,22H,1H3,(H,20,21). The molecule has 1 heterocycles. The highest BCUT2D eigenvalue weighted by atomic mass is 32.2. The zero-order valence-corrected chi connectivity index (χ0v) is 13.2. The molecule has 1 aromatic heterocycles. The molecule has 0 spiro atoms. The number of fused-ring (bicyclic) bond motifs is 2. The number of halogens is 1. The SMILES string of the molecule is CSNc1ccc2[nH]nc(-c3ccc4ccccc4c3)c2c1F. The fraction of sp³-hybridized carbons (Fsp3) is 0.0556. The van der Waals surface area contributed by atoms with E-state index < -0.39 is 0 Å². The Kier molecular flexibility index (Phi) is 3.42. The molecule has 0 amide bonds. The van der Waals surface area contributed by atoms with Gasteiger partial charge >= 0.3 is 0 Å². The predicted octanol–water partition coefficient (Wildman–Crippen LogP) is 5.21. The first-order valence-electron chi connectivity index (χ1n) is 7.22. The second-order valence-electron chi connectivity index (χ2n) is 5.29. The van der Waals surface area contributed by atoms with E-state index in [0.717, 1.165) is 16.3 Å². The summed E-state index contributed by atoms with van der Waals surface area (Å²) in [6.45, 7) is 0. The lowest BCUT2D eigenvalue weighted by Crippen LogP contribution is -1.91. The van der Waals surface area contributed by atoms with Crippen LogP contribution in [0.4, 0.5) is 10.1 Å². The molecule has 2 N–H and O–H groups in total. The van der Waals surface area contributed by atoms with Crippen LogP contribution in [0.1, 0.15) is 0 Å². The van der Waals surface area contributed by atoms with Crippen molar-refractivity contribution in [3.05, 3.63) is 60.4 Å². The average molecular weight is 323 g/mol. The molecule has 3 nitrogen and oxygen atoms in total. The summed E-state index contributed by atoms with van der Waals surface area (Å²) < 4.78 is 17.8. The summed E-state index contributed by atoms with van der Waals surface area (Å²) in [7, 11) is 0. The fourth-order valence-electron chi connectivity index (χ4n) is 2.81. The van der Waals surface area contributed by atoms with E-state index in [1.54, 1.807) is 6.07 Å². The summed E-state index contributed by atoms with van der Waals surface area (Å²) >= 11 is 1.36. The van der Waals surface area contributed by atoms with Crippen LogP contribution in [0, 0.1) is 5.82 Å². The summed E-state index contributed by atoms with van der Waals surface area (Å²) in [6, 6.07) is 17.7. The van der Waals surface area contributed by atoms with E-state index in [2.05, 4.69) is 21.0 Å². The number of nitrogens with one attached hydrogen (secondary N) is 2. The number of anilines is 1. The van der Waals surface area contributed by atoms with Crippen molar-refractivity contribution in [2.75, 3.05) is 11.0 Å². The van der Waals surface area contributed by atoms with Gasteiger partial charge in [-0.05, 0) is 29.0 Å². The van der Waals surface area contributed by atoms with Crippen molar-refractivity contribution in [1.82, 2.24) is 10.2 Å². The van der Waals surface area contributed by atoms with E-state index in [1.807, 2.05) is 48.7 Å². The largest absolute Gasteiger partial charge is 0.327 e. The minimum absolute atomic E-state index is 0.284. The summed E-state index contributed by atoms with van der Waals surface area (Å²) in [5.41, 5.74) is 2.69. The van der Waals surface area contributed by atoms with Gasteiger partial charge in [-0.3, -0.25) is 5.10 Å². The zero-order valence-electron chi connectivity index (χ0n) is 12.4. The normalized spacial score (nSPS) is 11.2. The average Bonchev–Trinajstić information content (AvgIpc) is 3.02. The lowest BCUT2D eigenvalue weighted by molar-refractivity contribution is 0.645. The molecule has 114 valence electrons. The van der Waals surface area contributed by atoms with Gasteiger partial charge in [-0.2, -0.15) is 5.10 Å². The van der Waals surface area contributed by atoms with Crippen LogP contribution in [0.25, 0.3) is 32.9 Å². The highest BCUT2D eigenvalue weighted by molar-refractivity contribution is 7.99. The van der Waals surface area contributed by atoms with Gasteiger partial charge in [0.2, 0.25) is 0 Å². The number of benzene rings is 3. The van der Waals surface area contributed by atoms with Crippen LogP contribution >= 0.6 is 11.9 Å². The number of aromatic amines is 1. The first-order chi connectivity index (χ1) is 11.3. The van der Waals surface area contributed by atoms with Crippen LogP contribution < -0.4 is 4.72 Å². The Bertz CT molecular complexity index is 1010. The van der Waals surface area contributed by atoms with Crippen molar-refractivity contribution < 1.29 is 4.39 Å². The van der Waals surface area contributed by atoms with Gasteiger partial charge in [-0.25, -0.2) is 4.39 Å². The monoisotopic (exact) mass is 323 g/mol.